The van der Waals surface area contributed by atoms with Crippen molar-refractivity contribution in [3.8, 4) is 23.5 Å². The quantitative estimate of drug-likeness (QED) is 0.248. The van der Waals surface area contributed by atoms with Crippen LogP contribution in [0.4, 0.5) is 0 Å². The van der Waals surface area contributed by atoms with Gasteiger partial charge in [0.05, 0.1) is 0 Å². The molecule has 0 saturated carbocycles. The zero-order valence-corrected chi connectivity index (χ0v) is 19.8. The maximum absolute atomic E-state index is 12.6. The van der Waals surface area contributed by atoms with Gasteiger partial charge in [-0.3, -0.25) is 8.57 Å². The lowest BCUT2D eigenvalue weighted by Gasteiger charge is -2.11. The SMILES string of the molecule is O=S(=O)(On1c(O)c2c(c1O)Cc1c(c(O)n(OS(=O)(=O)c3ccccc3)c1O)C2)c1ccccc1. The molecule has 1 aliphatic carbocycles. The smallest absolute Gasteiger partial charge is 0.357 e. The van der Waals surface area contributed by atoms with Crippen molar-refractivity contribution in [1.82, 2.24) is 9.46 Å². The summed E-state index contributed by atoms with van der Waals surface area (Å²) in [7, 11) is -8.86. The van der Waals surface area contributed by atoms with Crippen molar-refractivity contribution in [2.45, 2.75) is 22.6 Å². The normalized spacial score (nSPS) is 13.1. The van der Waals surface area contributed by atoms with Crippen LogP contribution in [0.5, 0.6) is 23.5 Å². The van der Waals surface area contributed by atoms with E-state index in [2.05, 4.69) is 0 Å². The summed E-state index contributed by atoms with van der Waals surface area (Å²) < 4.78 is 60.8. The Labute approximate surface area is 204 Å². The predicted molar refractivity (Wildman–Crippen MR) is 122 cm³/mol. The third-order valence-corrected chi connectivity index (χ3v) is 8.08. The van der Waals surface area contributed by atoms with Crippen LogP contribution in [0.2, 0.25) is 0 Å². The summed E-state index contributed by atoms with van der Waals surface area (Å²) in [5.74, 6) is -3.01. The second-order valence-electron chi connectivity index (χ2n) is 7.83. The van der Waals surface area contributed by atoms with Crippen LogP contribution >= 0.6 is 0 Å². The molecule has 0 spiro atoms. The van der Waals surface area contributed by atoms with Gasteiger partial charge < -0.3 is 20.4 Å². The summed E-state index contributed by atoms with van der Waals surface area (Å²) >= 11 is 0. The summed E-state index contributed by atoms with van der Waals surface area (Å²) in [5.41, 5.74) is 0.00603. The molecule has 0 amide bonds. The second kappa shape index (κ2) is 8.13. The van der Waals surface area contributed by atoms with E-state index in [1.54, 1.807) is 12.1 Å². The van der Waals surface area contributed by atoms with Crippen LogP contribution in [0.1, 0.15) is 22.3 Å². The molecule has 0 radical (unpaired) electrons. The molecular formula is C22H18N2O10S2. The molecule has 1 aliphatic rings. The van der Waals surface area contributed by atoms with Gasteiger partial charge in [-0.25, -0.2) is 0 Å². The van der Waals surface area contributed by atoms with Crippen LogP contribution in [0.15, 0.2) is 70.5 Å². The molecule has 2 heterocycles. The highest BCUT2D eigenvalue weighted by molar-refractivity contribution is 7.87. The van der Waals surface area contributed by atoms with E-state index in [0.29, 0.717) is 9.46 Å². The molecule has 0 unspecified atom stereocenters. The molecule has 188 valence electrons. The number of fused-ring (bicyclic) bond motifs is 2. The molecule has 0 bridgehead atoms. The van der Waals surface area contributed by atoms with Crippen molar-refractivity contribution in [2.24, 2.45) is 0 Å². The lowest BCUT2D eigenvalue weighted by atomic mass is 9.90. The topological polar surface area (TPSA) is 178 Å². The van der Waals surface area contributed by atoms with Gasteiger partial charge in [-0.15, -0.1) is 0 Å². The molecule has 12 nitrogen and oxygen atoms in total. The molecule has 36 heavy (non-hydrogen) atoms. The Hall–Kier alpha value is -4.30. The van der Waals surface area contributed by atoms with Crippen molar-refractivity contribution in [1.29, 1.82) is 0 Å². The summed E-state index contributed by atoms with van der Waals surface area (Å²) in [5, 5.41) is 42.5. The second-order valence-corrected chi connectivity index (χ2v) is 10.9. The van der Waals surface area contributed by atoms with Crippen molar-refractivity contribution in [3.05, 3.63) is 82.9 Å². The number of nitrogens with zero attached hydrogens (tertiary/aromatic N) is 2. The van der Waals surface area contributed by atoms with Gasteiger partial charge in [0, 0.05) is 35.1 Å². The van der Waals surface area contributed by atoms with Crippen LogP contribution < -0.4 is 8.57 Å². The van der Waals surface area contributed by atoms with Gasteiger partial charge in [-0.05, 0) is 24.3 Å². The van der Waals surface area contributed by atoms with E-state index in [1.807, 2.05) is 0 Å². The maximum atomic E-state index is 12.6. The standard InChI is InChI=1S/C22H18N2O10S2/c25-19-15-11-17-18(22(28)24(21(17)27)34-36(31,32)14-9-5-2-6-10-14)12-16(15)20(26)23(19)33-35(29,30)13-7-3-1-4-8-13/h1-10,25-28H,11-12H2. The Morgan fingerprint density at radius 2 is 0.806 bits per heavy atom. The highest BCUT2D eigenvalue weighted by Crippen LogP contribution is 2.46. The van der Waals surface area contributed by atoms with Crippen molar-refractivity contribution in [3.63, 3.8) is 0 Å². The predicted octanol–water partition coefficient (Wildman–Crippen LogP) is 1.24. The molecule has 2 aromatic heterocycles. The van der Waals surface area contributed by atoms with E-state index in [9.17, 15) is 37.3 Å². The Morgan fingerprint density at radius 1 is 0.528 bits per heavy atom. The minimum absolute atomic E-state index is 0.00151. The van der Waals surface area contributed by atoms with Crippen molar-refractivity contribution < 1.29 is 45.8 Å². The average molecular weight is 535 g/mol. The molecule has 0 fully saturated rings. The van der Waals surface area contributed by atoms with Crippen LogP contribution in [-0.4, -0.2) is 46.7 Å². The highest BCUT2D eigenvalue weighted by Gasteiger charge is 2.37. The molecule has 4 N–H and O–H groups in total. The van der Waals surface area contributed by atoms with Crippen molar-refractivity contribution in [2.75, 3.05) is 0 Å². The van der Waals surface area contributed by atoms with Gasteiger partial charge >= 0.3 is 20.2 Å². The number of hydrogen-bond donors (Lipinski definition) is 4. The average Bonchev–Trinajstić information content (AvgIpc) is 3.23. The molecule has 14 heteroatoms. The molecule has 5 rings (SSSR count). The fourth-order valence-electron chi connectivity index (χ4n) is 3.93. The number of aromatic hydroxyl groups is 4. The van der Waals surface area contributed by atoms with Gasteiger partial charge in [-0.2, -0.15) is 16.8 Å². The molecule has 2 aromatic carbocycles. The number of aromatic nitrogens is 2. The molecular weight excluding hydrogens is 516 g/mol. The first-order chi connectivity index (χ1) is 17.0. The van der Waals surface area contributed by atoms with E-state index in [0.717, 1.165) is 0 Å². The van der Waals surface area contributed by atoms with Crippen LogP contribution in [0.3, 0.4) is 0 Å². The largest absolute Gasteiger partial charge is 0.492 e. The summed E-state index contributed by atoms with van der Waals surface area (Å²) in [6.07, 6.45) is -0.625. The van der Waals surface area contributed by atoms with E-state index in [4.69, 9.17) is 8.57 Å². The first-order valence-electron chi connectivity index (χ1n) is 10.3. The Balaban J connectivity index is 1.50. The fraction of sp³-hybridized carbons (Fsp3) is 0.0909. The number of hydrogen-bond acceptors (Lipinski definition) is 10. The zero-order chi connectivity index (χ0) is 25.8. The third-order valence-electron chi connectivity index (χ3n) is 5.69. The summed E-state index contributed by atoms with van der Waals surface area (Å²) in [6.45, 7) is 0. The van der Waals surface area contributed by atoms with Gasteiger partial charge in [0.2, 0.25) is 23.5 Å². The summed E-state index contributed by atoms with van der Waals surface area (Å²) in [6, 6.07) is 14.1. The lowest BCUT2D eigenvalue weighted by molar-refractivity contribution is 0.200. The Morgan fingerprint density at radius 3 is 1.08 bits per heavy atom. The van der Waals surface area contributed by atoms with Gasteiger partial charge in [0.1, 0.15) is 9.79 Å². The van der Waals surface area contributed by atoms with Gasteiger partial charge in [0.15, 0.2) is 0 Å². The minimum Gasteiger partial charge on any atom is -0.492 e. The first kappa shape index (κ1) is 23.4. The lowest BCUT2D eigenvalue weighted by Crippen LogP contribution is -2.20. The van der Waals surface area contributed by atoms with E-state index in [-0.39, 0.29) is 44.9 Å². The fourth-order valence-corrected chi connectivity index (χ4v) is 5.75. The molecule has 0 atom stereocenters. The van der Waals surface area contributed by atoms with Gasteiger partial charge in [-0.1, -0.05) is 45.9 Å². The molecule has 0 aliphatic heterocycles. The zero-order valence-electron chi connectivity index (χ0n) is 18.1. The van der Waals surface area contributed by atoms with E-state index >= 15 is 0 Å². The van der Waals surface area contributed by atoms with Gasteiger partial charge in [0.25, 0.3) is 0 Å². The Kier molecular flexibility index (Phi) is 5.30. The monoisotopic (exact) mass is 534 g/mol. The van der Waals surface area contributed by atoms with Crippen LogP contribution in [0, 0.1) is 0 Å². The van der Waals surface area contributed by atoms with Crippen LogP contribution in [-0.2, 0) is 33.1 Å². The molecule has 4 aromatic rings. The first-order valence-corrected chi connectivity index (χ1v) is 13.1. The van der Waals surface area contributed by atoms with E-state index < -0.39 is 43.8 Å². The number of benzene rings is 2. The van der Waals surface area contributed by atoms with E-state index in [1.165, 1.54) is 48.5 Å². The highest BCUT2D eigenvalue weighted by atomic mass is 32.2. The summed E-state index contributed by atoms with van der Waals surface area (Å²) in [4.78, 5) is -0.444. The number of rotatable bonds is 6. The third kappa shape index (κ3) is 3.67. The minimum atomic E-state index is -4.43. The maximum Gasteiger partial charge on any atom is 0.357 e. The Bertz CT molecular complexity index is 1510. The van der Waals surface area contributed by atoms with Crippen molar-refractivity contribution >= 4 is 20.2 Å². The molecule has 0 saturated heterocycles. The van der Waals surface area contributed by atoms with Crippen LogP contribution in [0.25, 0.3) is 0 Å².